The highest BCUT2D eigenvalue weighted by Gasteiger charge is 2.38. The van der Waals surface area contributed by atoms with Gasteiger partial charge in [0.2, 0.25) is 0 Å². The molecule has 0 aromatic heterocycles. The van der Waals surface area contributed by atoms with E-state index >= 15 is 0 Å². The summed E-state index contributed by atoms with van der Waals surface area (Å²) in [5.74, 6) is 0.676. The third-order valence-electron chi connectivity index (χ3n) is 5.23. The lowest BCUT2D eigenvalue weighted by molar-refractivity contribution is 0.0399. The van der Waals surface area contributed by atoms with Crippen molar-refractivity contribution < 1.29 is 19.8 Å². The number of carbonyl (C=O) groups is 1. The smallest absolute Gasteiger partial charge is 0.254 e. The molecule has 1 fully saturated rings. The minimum Gasteiger partial charge on any atom is -0.491 e. The van der Waals surface area contributed by atoms with Crippen molar-refractivity contribution in [2.24, 2.45) is 0 Å². The minimum atomic E-state index is -0.398. The number of likely N-dealkylation sites (N-methyl/N-ethyl adjacent to an activating group) is 1. The summed E-state index contributed by atoms with van der Waals surface area (Å²) in [6, 6.07) is 15.2. The van der Waals surface area contributed by atoms with Crippen LogP contribution in [0.5, 0.6) is 5.75 Å². The Bertz CT molecular complexity index is 787. The van der Waals surface area contributed by atoms with Gasteiger partial charge in [0, 0.05) is 11.6 Å². The van der Waals surface area contributed by atoms with E-state index in [4.69, 9.17) is 9.84 Å². The SMILES string of the molecule is CNC(NO)C(C)N(C(=O)c1ccc(-c2ccc(OCCO)cc2)cc1)C1CC1. The van der Waals surface area contributed by atoms with E-state index in [2.05, 4.69) is 10.8 Å². The molecule has 0 saturated heterocycles. The average Bonchev–Trinajstić information content (AvgIpc) is 3.59. The van der Waals surface area contributed by atoms with E-state index in [1.807, 2.05) is 60.4 Å². The van der Waals surface area contributed by atoms with Gasteiger partial charge in [-0.05, 0) is 62.2 Å². The van der Waals surface area contributed by atoms with Crippen molar-refractivity contribution in [2.45, 2.75) is 38.0 Å². The van der Waals surface area contributed by atoms with Crippen LogP contribution in [0.1, 0.15) is 30.1 Å². The molecule has 7 heteroatoms. The number of amides is 1. The summed E-state index contributed by atoms with van der Waals surface area (Å²) >= 11 is 0. The fraction of sp³-hybridized carbons (Fsp3) is 0.409. The number of rotatable bonds is 10. The molecular formula is C22H29N3O4. The zero-order valence-corrected chi connectivity index (χ0v) is 16.8. The number of nitrogens with one attached hydrogen (secondary N) is 2. The van der Waals surface area contributed by atoms with Crippen molar-refractivity contribution in [1.82, 2.24) is 15.7 Å². The molecule has 2 aromatic rings. The molecule has 2 atom stereocenters. The normalized spacial score (nSPS) is 15.6. The van der Waals surface area contributed by atoms with Gasteiger partial charge in [0.05, 0.1) is 12.6 Å². The van der Waals surface area contributed by atoms with Gasteiger partial charge in [-0.2, -0.15) is 5.48 Å². The van der Waals surface area contributed by atoms with Gasteiger partial charge >= 0.3 is 0 Å². The van der Waals surface area contributed by atoms with Crippen molar-refractivity contribution >= 4 is 5.91 Å². The molecule has 3 rings (SSSR count). The van der Waals surface area contributed by atoms with Crippen molar-refractivity contribution in [2.75, 3.05) is 20.3 Å². The number of benzene rings is 2. The Balaban J connectivity index is 1.73. The van der Waals surface area contributed by atoms with Gasteiger partial charge in [-0.15, -0.1) is 0 Å². The van der Waals surface area contributed by atoms with Gasteiger partial charge in [0.1, 0.15) is 18.5 Å². The maximum absolute atomic E-state index is 13.1. The van der Waals surface area contributed by atoms with Crippen molar-refractivity contribution in [3.8, 4) is 16.9 Å². The van der Waals surface area contributed by atoms with Crippen molar-refractivity contribution in [3.05, 3.63) is 54.1 Å². The topological polar surface area (TPSA) is 94.1 Å². The molecule has 1 aliphatic carbocycles. The molecule has 1 aliphatic rings. The van der Waals surface area contributed by atoms with Crippen molar-refractivity contribution in [1.29, 1.82) is 0 Å². The quantitative estimate of drug-likeness (QED) is 0.362. The Morgan fingerprint density at radius 1 is 1.14 bits per heavy atom. The number of hydrogen-bond acceptors (Lipinski definition) is 6. The van der Waals surface area contributed by atoms with E-state index in [-0.39, 0.29) is 31.2 Å². The third kappa shape index (κ3) is 5.13. The van der Waals surface area contributed by atoms with Crippen LogP contribution in [-0.4, -0.2) is 59.6 Å². The zero-order chi connectivity index (χ0) is 20.8. The number of aliphatic hydroxyl groups is 1. The molecule has 4 N–H and O–H groups in total. The molecule has 0 radical (unpaired) electrons. The third-order valence-corrected chi connectivity index (χ3v) is 5.23. The van der Waals surface area contributed by atoms with Crippen molar-refractivity contribution in [3.63, 3.8) is 0 Å². The molecule has 156 valence electrons. The van der Waals surface area contributed by atoms with Crippen LogP contribution in [0, 0.1) is 0 Å². The highest BCUT2D eigenvalue weighted by atomic mass is 16.5. The number of carbonyl (C=O) groups excluding carboxylic acids is 1. The summed E-state index contributed by atoms with van der Waals surface area (Å²) in [4.78, 5) is 15.0. The molecule has 0 aliphatic heterocycles. The molecule has 0 bridgehead atoms. The van der Waals surface area contributed by atoms with Crippen LogP contribution in [0.4, 0.5) is 0 Å². The molecule has 2 unspecified atom stereocenters. The maximum Gasteiger partial charge on any atom is 0.254 e. The van der Waals surface area contributed by atoms with E-state index in [9.17, 15) is 10.0 Å². The fourth-order valence-electron chi connectivity index (χ4n) is 3.47. The number of nitrogens with zero attached hydrogens (tertiary/aromatic N) is 1. The van der Waals surface area contributed by atoms with Gasteiger partial charge in [-0.3, -0.25) is 4.79 Å². The highest BCUT2D eigenvalue weighted by molar-refractivity contribution is 5.95. The second kappa shape index (κ2) is 9.84. The average molecular weight is 399 g/mol. The minimum absolute atomic E-state index is 0.0167. The highest BCUT2D eigenvalue weighted by Crippen LogP contribution is 2.31. The van der Waals surface area contributed by atoms with Crippen LogP contribution in [-0.2, 0) is 0 Å². The van der Waals surface area contributed by atoms with Crippen LogP contribution in [0.3, 0.4) is 0 Å². The van der Waals surface area contributed by atoms with E-state index in [1.165, 1.54) is 0 Å². The summed E-state index contributed by atoms with van der Waals surface area (Å²) in [6.07, 6.45) is 1.58. The first-order valence-corrected chi connectivity index (χ1v) is 9.92. The Morgan fingerprint density at radius 2 is 1.72 bits per heavy atom. The van der Waals surface area contributed by atoms with Gasteiger partial charge in [-0.1, -0.05) is 24.3 Å². The predicted molar refractivity (Wildman–Crippen MR) is 111 cm³/mol. The molecule has 29 heavy (non-hydrogen) atoms. The zero-order valence-electron chi connectivity index (χ0n) is 16.8. The van der Waals surface area contributed by atoms with E-state index in [0.29, 0.717) is 11.3 Å². The summed E-state index contributed by atoms with van der Waals surface area (Å²) in [5.41, 5.74) is 4.89. The number of aliphatic hydroxyl groups excluding tert-OH is 1. The molecule has 2 aromatic carbocycles. The van der Waals surface area contributed by atoms with Crippen LogP contribution in [0.15, 0.2) is 48.5 Å². The fourth-order valence-corrected chi connectivity index (χ4v) is 3.47. The number of hydrogen-bond donors (Lipinski definition) is 4. The maximum atomic E-state index is 13.1. The number of ether oxygens (including phenoxy) is 1. The van der Waals surface area contributed by atoms with Crippen LogP contribution in [0.2, 0.25) is 0 Å². The number of hydroxylamine groups is 1. The first-order valence-electron chi connectivity index (χ1n) is 9.92. The summed E-state index contributed by atoms with van der Waals surface area (Å²) in [6.45, 7) is 2.18. The Hall–Kier alpha value is -2.45. The summed E-state index contributed by atoms with van der Waals surface area (Å²) in [7, 11) is 1.74. The molecule has 0 heterocycles. The van der Waals surface area contributed by atoms with Gasteiger partial charge < -0.3 is 25.3 Å². The van der Waals surface area contributed by atoms with E-state index in [1.54, 1.807) is 7.05 Å². The molecule has 7 nitrogen and oxygen atoms in total. The summed E-state index contributed by atoms with van der Waals surface area (Å²) < 4.78 is 5.38. The monoisotopic (exact) mass is 399 g/mol. The molecular weight excluding hydrogens is 370 g/mol. The van der Waals surface area contributed by atoms with E-state index in [0.717, 1.165) is 24.0 Å². The van der Waals surface area contributed by atoms with Gasteiger partial charge in [0.15, 0.2) is 0 Å². The Labute approximate surface area is 171 Å². The second-order valence-corrected chi connectivity index (χ2v) is 7.25. The van der Waals surface area contributed by atoms with Crippen LogP contribution >= 0.6 is 0 Å². The Morgan fingerprint density at radius 3 is 2.21 bits per heavy atom. The first-order chi connectivity index (χ1) is 14.1. The van der Waals surface area contributed by atoms with E-state index < -0.39 is 6.17 Å². The van der Waals surface area contributed by atoms with Crippen LogP contribution < -0.4 is 15.5 Å². The second-order valence-electron chi connectivity index (χ2n) is 7.25. The molecule has 0 spiro atoms. The van der Waals surface area contributed by atoms with Gasteiger partial charge in [0.25, 0.3) is 5.91 Å². The van der Waals surface area contributed by atoms with Crippen LogP contribution in [0.25, 0.3) is 11.1 Å². The van der Waals surface area contributed by atoms with Gasteiger partial charge in [-0.25, -0.2) is 0 Å². The first kappa shape index (κ1) is 21.3. The lowest BCUT2D eigenvalue weighted by Crippen LogP contribution is -2.56. The Kier molecular flexibility index (Phi) is 7.22. The largest absolute Gasteiger partial charge is 0.491 e. The predicted octanol–water partition coefficient (Wildman–Crippen LogP) is 2.24. The molecule has 1 amide bonds. The lowest BCUT2D eigenvalue weighted by Gasteiger charge is -2.34. The lowest BCUT2D eigenvalue weighted by atomic mass is 10.0. The molecule has 1 saturated carbocycles. The standard InChI is InChI=1S/C22H29N3O4/c1-15(21(23-2)24-28)25(19-9-10-19)22(27)18-5-3-16(4-6-18)17-7-11-20(12-8-17)29-14-13-26/h3-8,11-12,15,19,21,23-24,26,28H,9-10,13-14H2,1-2H3. The summed E-state index contributed by atoms with van der Waals surface area (Å²) in [5, 5.41) is 21.2.